The van der Waals surface area contributed by atoms with Gasteiger partial charge in [-0.05, 0) is 73.9 Å². The third kappa shape index (κ3) is 5.26. The lowest BCUT2D eigenvalue weighted by Gasteiger charge is -2.33. The van der Waals surface area contributed by atoms with Crippen LogP contribution in [0, 0.1) is 23.5 Å². The van der Waals surface area contributed by atoms with Gasteiger partial charge in [0.15, 0.2) is 9.84 Å². The second kappa shape index (κ2) is 11.0. The van der Waals surface area contributed by atoms with Gasteiger partial charge in [-0.25, -0.2) is 21.6 Å². The van der Waals surface area contributed by atoms with Gasteiger partial charge in [-0.2, -0.15) is 26.3 Å². The third-order valence-corrected chi connectivity index (χ3v) is 10.8. The molecule has 1 aliphatic heterocycles. The molecule has 0 bridgehead atoms. The highest BCUT2D eigenvalue weighted by Gasteiger charge is 2.74. The van der Waals surface area contributed by atoms with E-state index < -0.39 is 85.1 Å². The first-order valence-electron chi connectivity index (χ1n) is 12.9. The van der Waals surface area contributed by atoms with Crippen LogP contribution in [0.2, 0.25) is 0 Å². The fraction of sp³-hybridized carbons (Fsp3) is 0.519. The fourth-order valence-electron chi connectivity index (χ4n) is 5.81. The number of halogens is 9. The number of aliphatic hydroxyl groups is 1. The molecule has 42 heavy (non-hydrogen) atoms. The maximum Gasteiger partial charge on any atom is 0.436 e. The topological polar surface area (TPSA) is 74.7 Å². The van der Waals surface area contributed by atoms with Crippen LogP contribution >= 0.6 is 0 Å². The Morgan fingerprint density at radius 2 is 1.48 bits per heavy atom. The molecule has 5 nitrogen and oxygen atoms in total. The third-order valence-electron chi connectivity index (χ3n) is 8.28. The molecule has 232 valence electrons. The molecule has 0 unspecified atom stereocenters. The molecule has 15 heteroatoms. The van der Waals surface area contributed by atoms with Crippen LogP contribution in [-0.4, -0.2) is 56.4 Å². The zero-order chi connectivity index (χ0) is 31.3. The molecule has 4 rings (SSSR count). The number of sulfone groups is 1. The van der Waals surface area contributed by atoms with Gasteiger partial charge >= 0.3 is 18.0 Å². The number of rotatable bonds is 6. The normalized spacial score (nSPS) is 24.2. The Morgan fingerprint density at radius 1 is 0.905 bits per heavy atom. The van der Waals surface area contributed by atoms with Crippen LogP contribution in [0.5, 0.6) is 0 Å². The number of hydrogen-bond donors (Lipinski definition) is 1. The molecule has 1 heterocycles. The summed E-state index contributed by atoms with van der Waals surface area (Å²) in [4.78, 5) is 14.0. The molecule has 0 aromatic heterocycles. The molecule has 1 N–H and O–H groups in total. The van der Waals surface area contributed by atoms with Crippen molar-refractivity contribution in [3.63, 3.8) is 0 Å². The van der Waals surface area contributed by atoms with Crippen LogP contribution in [0.25, 0.3) is 0 Å². The van der Waals surface area contributed by atoms with Crippen molar-refractivity contribution < 1.29 is 57.8 Å². The highest BCUT2D eigenvalue weighted by Crippen LogP contribution is 2.54. The summed E-state index contributed by atoms with van der Waals surface area (Å²) >= 11 is 0. The van der Waals surface area contributed by atoms with Crippen molar-refractivity contribution in [2.45, 2.75) is 59.8 Å². The molecule has 0 spiro atoms. The SMILES string of the molecule is O=C(C1CCC(CO)CC1)N1CC[C@](c2ccc(C(F)(C(F)(F)F)C(F)(F)F)c(F)c2)(S(=O)(=O)c2ccc(F)cc2)C1. The summed E-state index contributed by atoms with van der Waals surface area (Å²) in [7, 11) is -4.70. The Labute approximate surface area is 235 Å². The van der Waals surface area contributed by atoms with E-state index in [2.05, 4.69) is 0 Å². The minimum atomic E-state index is -6.60. The van der Waals surface area contributed by atoms with E-state index in [0.717, 1.165) is 24.3 Å². The van der Waals surface area contributed by atoms with Crippen LogP contribution in [0.3, 0.4) is 0 Å². The van der Waals surface area contributed by atoms with Crippen molar-refractivity contribution in [3.05, 3.63) is 65.2 Å². The van der Waals surface area contributed by atoms with Crippen molar-refractivity contribution in [2.24, 2.45) is 11.8 Å². The fourth-order valence-corrected chi connectivity index (χ4v) is 7.88. The summed E-state index contributed by atoms with van der Waals surface area (Å²) in [5.41, 5.74) is -9.08. The minimum absolute atomic E-state index is 0.00285. The van der Waals surface area contributed by atoms with E-state index in [9.17, 15) is 53.4 Å². The summed E-state index contributed by atoms with van der Waals surface area (Å²) in [6.45, 7) is -0.904. The molecule has 2 aliphatic rings. The smallest absolute Gasteiger partial charge is 0.396 e. The summed E-state index contributed by atoms with van der Waals surface area (Å²) in [6.07, 6.45) is -11.8. The lowest BCUT2D eigenvalue weighted by Crippen LogP contribution is -2.51. The number of hydrogen-bond acceptors (Lipinski definition) is 4. The highest BCUT2D eigenvalue weighted by atomic mass is 32.2. The molecule has 2 aromatic rings. The summed E-state index contributed by atoms with van der Waals surface area (Å²) in [5.74, 6) is -4.06. The molecule has 1 amide bonds. The Morgan fingerprint density at radius 3 is 1.98 bits per heavy atom. The molecule has 2 aromatic carbocycles. The second-order valence-corrected chi connectivity index (χ2v) is 13.0. The Hall–Kier alpha value is -2.81. The first-order chi connectivity index (χ1) is 19.4. The monoisotopic (exact) mass is 631 g/mol. The van der Waals surface area contributed by atoms with Gasteiger partial charge in [0.05, 0.1) is 4.90 Å². The maximum absolute atomic E-state index is 15.1. The molecule has 1 saturated heterocycles. The van der Waals surface area contributed by atoms with Gasteiger partial charge in [-0.15, -0.1) is 0 Å². The molecule has 1 saturated carbocycles. The van der Waals surface area contributed by atoms with E-state index in [-0.39, 0.29) is 31.2 Å². The number of carbonyl (C=O) groups is 1. The zero-order valence-corrected chi connectivity index (χ0v) is 22.6. The average molecular weight is 632 g/mol. The van der Waals surface area contributed by atoms with Gasteiger partial charge in [0.1, 0.15) is 16.4 Å². The van der Waals surface area contributed by atoms with E-state index in [0.29, 0.717) is 31.7 Å². The van der Waals surface area contributed by atoms with Crippen LogP contribution < -0.4 is 0 Å². The van der Waals surface area contributed by atoms with E-state index in [1.54, 1.807) is 0 Å². The molecular weight excluding hydrogens is 605 g/mol. The Kier molecular flexibility index (Phi) is 8.44. The lowest BCUT2D eigenvalue weighted by atomic mass is 9.82. The van der Waals surface area contributed by atoms with Crippen LogP contribution in [-0.2, 0) is 25.0 Å². The van der Waals surface area contributed by atoms with Crippen molar-refractivity contribution >= 4 is 15.7 Å². The van der Waals surface area contributed by atoms with E-state index in [1.807, 2.05) is 0 Å². The van der Waals surface area contributed by atoms with Crippen LogP contribution in [0.4, 0.5) is 39.5 Å². The van der Waals surface area contributed by atoms with Crippen molar-refractivity contribution in [1.82, 2.24) is 4.90 Å². The summed E-state index contributed by atoms with van der Waals surface area (Å²) < 4.78 is 149. The quantitative estimate of drug-likeness (QED) is 0.316. The largest absolute Gasteiger partial charge is 0.436 e. The highest BCUT2D eigenvalue weighted by molar-refractivity contribution is 7.92. The van der Waals surface area contributed by atoms with Crippen LogP contribution in [0.1, 0.15) is 43.2 Å². The second-order valence-electron chi connectivity index (χ2n) is 10.7. The maximum atomic E-state index is 15.1. The number of aliphatic hydroxyl groups excluding tert-OH is 1. The number of carbonyl (C=O) groups excluding carboxylic acids is 1. The molecular formula is C27H26F9NO4S. The number of likely N-dealkylation sites (tertiary alicyclic amines) is 1. The van der Waals surface area contributed by atoms with Gasteiger partial charge in [0, 0.05) is 31.2 Å². The first kappa shape index (κ1) is 32.1. The number of nitrogens with zero attached hydrogens (tertiary/aromatic N) is 1. The average Bonchev–Trinajstić information content (AvgIpc) is 3.39. The van der Waals surface area contributed by atoms with Crippen LogP contribution in [0.15, 0.2) is 47.4 Å². The van der Waals surface area contributed by atoms with Gasteiger partial charge in [0.2, 0.25) is 5.91 Å². The van der Waals surface area contributed by atoms with Crippen molar-refractivity contribution in [1.29, 1.82) is 0 Å². The molecule has 2 fully saturated rings. The van der Waals surface area contributed by atoms with Gasteiger partial charge in [0.25, 0.3) is 0 Å². The number of benzene rings is 2. The standard InChI is InChI=1S/C27H26F9NO4S/c28-19-6-8-20(9-7-19)42(40,41)24(11-12-37(15-24)23(39)17-3-1-16(14-38)2-4-17)18-5-10-21(22(29)13-18)25(30,26(31,32)33)27(34,35)36/h5-10,13,16-17,38H,1-4,11-12,14-15H2/t16?,17?,24-/m0/s1. The van der Waals surface area contributed by atoms with E-state index >= 15 is 4.39 Å². The number of amides is 1. The van der Waals surface area contributed by atoms with Gasteiger partial charge < -0.3 is 10.0 Å². The number of alkyl halides is 7. The Bertz CT molecular complexity index is 1400. The first-order valence-corrected chi connectivity index (χ1v) is 14.4. The molecule has 1 aliphatic carbocycles. The predicted molar refractivity (Wildman–Crippen MR) is 130 cm³/mol. The summed E-state index contributed by atoms with van der Waals surface area (Å²) in [5, 5.41) is 9.35. The van der Waals surface area contributed by atoms with Crippen molar-refractivity contribution in [2.75, 3.05) is 19.7 Å². The van der Waals surface area contributed by atoms with Gasteiger partial charge in [-0.3, -0.25) is 4.79 Å². The zero-order valence-electron chi connectivity index (χ0n) is 21.8. The summed E-state index contributed by atoms with van der Waals surface area (Å²) in [6, 6.07) is 3.90. The molecule has 0 radical (unpaired) electrons. The Balaban J connectivity index is 1.80. The van der Waals surface area contributed by atoms with E-state index in [4.69, 9.17) is 0 Å². The minimum Gasteiger partial charge on any atom is -0.396 e. The predicted octanol–water partition coefficient (Wildman–Crippen LogP) is 5.95. The lowest BCUT2D eigenvalue weighted by molar-refractivity contribution is -0.349. The van der Waals surface area contributed by atoms with Gasteiger partial charge in [-0.1, -0.05) is 12.1 Å². The van der Waals surface area contributed by atoms with E-state index in [1.165, 1.54) is 4.90 Å². The molecule has 1 atom stereocenters. The van der Waals surface area contributed by atoms with Crippen molar-refractivity contribution in [3.8, 4) is 0 Å².